The summed E-state index contributed by atoms with van der Waals surface area (Å²) in [7, 11) is 0. The summed E-state index contributed by atoms with van der Waals surface area (Å²) in [5.74, 6) is -4.31. The highest BCUT2D eigenvalue weighted by molar-refractivity contribution is 7.13. The molecule has 2 aromatic rings. The van der Waals surface area contributed by atoms with Crippen LogP contribution in [0.3, 0.4) is 0 Å². The zero-order chi connectivity index (χ0) is 28.1. The molecule has 1 aliphatic rings. The first-order valence-corrected chi connectivity index (χ1v) is 13.1. The van der Waals surface area contributed by atoms with E-state index in [1.807, 2.05) is 0 Å². The molecule has 1 aliphatic heterocycles. The molecule has 1 aromatic carbocycles. The number of carbonyl (C=O) groups excluding carboxylic acids is 2. The number of halogens is 5. The van der Waals surface area contributed by atoms with E-state index >= 15 is 0 Å². The number of hydrogen-bond donors (Lipinski definition) is 1. The molecule has 0 bridgehead atoms. The van der Waals surface area contributed by atoms with Gasteiger partial charge < -0.3 is 19.5 Å². The molecule has 1 fully saturated rings. The summed E-state index contributed by atoms with van der Waals surface area (Å²) in [4.78, 5) is 27.2. The summed E-state index contributed by atoms with van der Waals surface area (Å²) in [6.45, 7) is 3.89. The fourth-order valence-corrected chi connectivity index (χ4v) is 5.12. The molecule has 38 heavy (non-hydrogen) atoms. The van der Waals surface area contributed by atoms with Gasteiger partial charge in [0.05, 0.1) is 18.3 Å². The Kier molecular flexibility index (Phi) is 9.74. The molecular formula is C26H30F5NO5S. The molecule has 12 heteroatoms. The Balaban J connectivity index is 1.57. The largest absolute Gasteiger partial charge is 0.459 e. The van der Waals surface area contributed by atoms with Gasteiger partial charge in [-0.1, -0.05) is 12.1 Å². The number of amides is 1. The van der Waals surface area contributed by atoms with Crippen LogP contribution in [0, 0.1) is 0 Å². The van der Waals surface area contributed by atoms with Crippen LogP contribution in [0.1, 0.15) is 65.2 Å². The van der Waals surface area contributed by atoms with E-state index in [0.29, 0.717) is 36.3 Å². The molecule has 0 saturated carbocycles. The third-order valence-electron chi connectivity index (χ3n) is 6.15. The summed E-state index contributed by atoms with van der Waals surface area (Å²) in [5.41, 5.74) is -2.15. The van der Waals surface area contributed by atoms with Crippen molar-refractivity contribution in [3.05, 3.63) is 57.3 Å². The van der Waals surface area contributed by atoms with Crippen molar-refractivity contribution < 1.29 is 46.1 Å². The average Bonchev–Trinajstić information content (AvgIpc) is 3.32. The maximum Gasteiger partial charge on any atom is 0.416 e. The zero-order valence-electron chi connectivity index (χ0n) is 21.0. The second-order valence-corrected chi connectivity index (χ2v) is 10.5. The fraction of sp³-hybridized carbons (Fsp3) is 0.538. The van der Waals surface area contributed by atoms with E-state index < -0.39 is 53.9 Å². The highest BCUT2D eigenvalue weighted by Crippen LogP contribution is 2.38. The number of aliphatic hydroxyl groups is 1. The van der Waals surface area contributed by atoms with Crippen LogP contribution in [0.5, 0.6) is 0 Å². The number of aryl methyl sites for hydroxylation is 1. The fourth-order valence-electron chi connectivity index (χ4n) is 4.19. The van der Waals surface area contributed by atoms with Crippen molar-refractivity contribution in [3.8, 4) is 0 Å². The molecule has 0 radical (unpaired) electrons. The van der Waals surface area contributed by atoms with Gasteiger partial charge in [-0.05, 0) is 63.8 Å². The Morgan fingerprint density at radius 2 is 1.89 bits per heavy atom. The molecule has 0 aliphatic carbocycles. The van der Waals surface area contributed by atoms with Crippen molar-refractivity contribution in [1.29, 1.82) is 0 Å². The molecule has 1 aromatic heterocycles. The van der Waals surface area contributed by atoms with Gasteiger partial charge in [-0.2, -0.15) is 22.0 Å². The van der Waals surface area contributed by atoms with Crippen LogP contribution in [-0.2, 0) is 28.0 Å². The van der Waals surface area contributed by atoms with Crippen LogP contribution in [0.4, 0.5) is 26.7 Å². The third-order valence-corrected chi connectivity index (χ3v) is 7.27. The zero-order valence-corrected chi connectivity index (χ0v) is 21.8. The van der Waals surface area contributed by atoms with Crippen LogP contribution >= 0.6 is 11.3 Å². The summed E-state index contributed by atoms with van der Waals surface area (Å²) in [6.07, 6.45) is -6.80. The number of benzene rings is 1. The van der Waals surface area contributed by atoms with Crippen LogP contribution in [0.15, 0.2) is 36.4 Å². The second kappa shape index (κ2) is 12.4. The molecule has 1 amide bonds. The topological polar surface area (TPSA) is 76.1 Å². The smallest absolute Gasteiger partial charge is 0.416 e. The molecule has 2 heterocycles. The normalized spacial score (nSPS) is 17.4. The lowest BCUT2D eigenvalue weighted by molar-refractivity contribution is -0.139. The first kappa shape index (κ1) is 29.8. The van der Waals surface area contributed by atoms with Gasteiger partial charge in [0, 0.05) is 29.4 Å². The van der Waals surface area contributed by atoms with E-state index in [9.17, 15) is 36.6 Å². The number of aliphatic hydroxyl groups excluding tert-OH is 1. The van der Waals surface area contributed by atoms with Gasteiger partial charge in [0.1, 0.15) is 11.0 Å². The highest BCUT2D eigenvalue weighted by atomic mass is 32.1. The van der Waals surface area contributed by atoms with Crippen molar-refractivity contribution in [2.45, 2.75) is 76.3 Å². The molecule has 0 spiro atoms. The van der Waals surface area contributed by atoms with E-state index in [-0.39, 0.29) is 25.7 Å². The Bertz CT molecular complexity index is 1100. The highest BCUT2D eigenvalue weighted by Gasteiger charge is 2.42. The first-order chi connectivity index (χ1) is 17.8. The Morgan fingerprint density at radius 3 is 2.58 bits per heavy atom. The standard InChI is InChI=1S/C26H30F5NO5S/c1-16(2)37-23(34)21-10-9-20(38-21)7-4-13-32-19(12-14-36-24(32)35)8-11-22(33)25(27,28)17-5-3-6-18(15-17)26(29,30)31/h3,5-6,9-10,15-16,19,22,33H,4,7-8,11-14H2,1-2H3. The van der Waals surface area contributed by atoms with Gasteiger partial charge in [0.2, 0.25) is 0 Å². The number of hydrogen-bond acceptors (Lipinski definition) is 6. The SMILES string of the molecule is CC(C)OC(=O)c1ccc(CCCN2C(=O)OCCC2CCC(O)C(F)(F)c2cccc(C(F)(F)F)c2)s1. The summed E-state index contributed by atoms with van der Waals surface area (Å²) in [6, 6.07) is 5.76. The van der Waals surface area contributed by atoms with Crippen molar-refractivity contribution in [2.24, 2.45) is 0 Å². The maximum atomic E-state index is 14.8. The number of rotatable bonds is 11. The molecule has 1 saturated heterocycles. The van der Waals surface area contributed by atoms with Gasteiger partial charge in [0.25, 0.3) is 5.92 Å². The third kappa shape index (κ3) is 7.66. The number of cyclic esters (lactones) is 1. The van der Waals surface area contributed by atoms with Crippen molar-refractivity contribution in [2.75, 3.05) is 13.2 Å². The van der Waals surface area contributed by atoms with Gasteiger partial charge in [0.15, 0.2) is 0 Å². The lowest BCUT2D eigenvalue weighted by Gasteiger charge is -2.36. The molecule has 6 nitrogen and oxygen atoms in total. The molecular weight excluding hydrogens is 533 g/mol. The van der Waals surface area contributed by atoms with Crippen molar-refractivity contribution in [1.82, 2.24) is 4.90 Å². The molecule has 2 unspecified atom stereocenters. The molecule has 210 valence electrons. The van der Waals surface area contributed by atoms with E-state index in [2.05, 4.69) is 0 Å². The van der Waals surface area contributed by atoms with Crippen molar-refractivity contribution in [3.63, 3.8) is 0 Å². The van der Waals surface area contributed by atoms with Crippen LogP contribution in [0.25, 0.3) is 0 Å². The van der Waals surface area contributed by atoms with Gasteiger partial charge in [-0.3, -0.25) is 0 Å². The minimum Gasteiger partial charge on any atom is -0.459 e. The van der Waals surface area contributed by atoms with Crippen molar-refractivity contribution >= 4 is 23.4 Å². The first-order valence-electron chi connectivity index (χ1n) is 12.3. The number of nitrogens with zero attached hydrogens (tertiary/aromatic N) is 1. The van der Waals surface area contributed by atoms with E-state index in [0.717, 1.165) is 17.0 Å². The summed E-state index contributed by atoms with van der Waals surface area (Å²) in [5, 5.41) is 10.2. The Hall–Kier alpha value is -2.73. The predicted octanol–water partition coefficient (Wildman–Crippen LogP) is 6.41. The lowest BCUT2D eigenvalue weighted by Crippen LogP contribution is -2.47. The van der Waals surface area contributed by atoms with Crippen LogP contribution in [-0.4, -0.2) is 53.5 Å². The average molecular weight is 564 g/mol. The monoisotopic (exact) mass is 563 g/mol. The maximum absolute atomic E-state index is 14.8. The van der Waals surface area contributed by atoms with E-state index in [4.69, 9.17) is 9.47 Å². The Labute approximate surface area is 221 Å². The minimum atomic E-state index is -4.79. The number of carbonyl (C=O) groups is 2. The van der Waals surface area contributed by atoms with E-state index in [1.54, 1.807) is 26.0 Å². The number of ether oxygens (including phenoxy) is 2. The van der Waals surface area contributed by atoms with Gasteiger partial charge >= 0.3 is 18.2 Å². The molecule has 2 atom stereocenters. The quantitative estimate of drug-likeness (QED) is 0.253. The summed E-state index contributed by atoms with van der Waals surface area (Å²) < 4.78 is 78.7. The number of alkyl halides is 5. The van der Waals surface area contributed by atoms with Crippen LogP contribution < -0.4 is 0 Å². The summed E-state index contributed by atoms with van der Waals surface area (Å²) >= 11 is 1.29. The predicted molar refractivity (Wildman–Crippen MR) is 130 cm³/mol. The Morgan fingerprint density at radius 1 is 1.18 bits per heavy atom. The lowest BCUT2D eigenvalue weighted by atomic mass is 9.95. The van der Waals surface area contributed by atoms with Gasteiger partial charge in [-0.15, -0.1) is 11.3 Å². The number of thiophene rings is 1. The minimum absolute atomic E-state index is 0.0228. The van der Waals surface area contributed by atoms with Gasteiger partial charge in [-0.25, -0.2) is 9.59 Å². The van der Waals surface area contributed by atoms with E-state index in [1.165, 1.54) is 16.2 Å². The number of esters is 1. The second-order valence-electron chi connectivity index (χ2n) is 9.37. The van der Waals surface area contributed by atoms with Crippen LogP contribution in [0.2, 0.25) is 0 Å². The molecule has 3 rings (SSSR count). The molecule has 1 N–H and O–H groups in total.